The quantitative estimate of drug-likeness (QED) is 0.782. The van der Waals surface area contributed by atoms with E-state index in [1.54, 1.807) is 23.5 Å². The van der Waals surface area contributed by atoms with Crippen LogP contribution < -0.4 is 5.73 Å². The molecule has 8 heteroatoms. The molecule has 0 atom stereocenters. The molecule has 2 N–H and O–H groups in total. The summed E-state index contributed by atoms with van der Waals surface area (Å²) >= 11 is 7.45. The molecular weight excluding hydrogens is 336 g/mol. The molecule has 0 aromatic carbocycles. The predicted octanol–water partition coefficient (Wildman–Crippen LogP) is 3.02. The van der Waals surface area contributed by atoms with E-state index in [2.05, 4.69) is 20.9 Å². The number of thiophene rings is 1. The average molecular weight is 351 g/mol. The van der Waals surface area contributed by atoms with E-state index in [9.17, 15) is 0 Å². The van der Waals surface area contributed by atoms with Gasteiger partial charge in [-0.15, -0.1) is 11.3 Å². The van der Waals surface area contributed by atoms with Crippen molar-refractivity contribution < 1.29 is 9.15 Å². The maximum Gasteiger partial charge on any atom is 0.199 e. The molecule has 3 aromatic rings. The van der Waals surface area contributed by atoms with Crippen molar-refractivity contribution in [2.24, 2.45) is 0 Å². The van der Waals surface area contributed by atoms with Crippen molar-refractivity contribution in [2.75, 3.05) is 32.0 Å². The third-order valence-corrected chi connectivity index (χ3v) is 4.97. The minimum atomic E-state index is 0.307. The molecule has 6 nitrogen and oxygen atoms in total. The van der Waals surface area contributed by atoms with Gasteiger partial charge >= 0.3 is 0 Å². The van der Waals surface area contributed by atoms with Crippen LogP contribution >= 0.6 is 22.9 Å². The number of anilines is 1. The Morgan fingerprint density at radius 3 is 2.83 bits per heavy atom. The summed E-state index contributed by atoms with van der Waals surface area (Å²) in [5.74, 6) is 1.44. The normalized spacial score (nSPS) is 16.2. The van der Waals surface area contributed by atoms with E-state index >= 15 is 0 Å². The van der Waals surface area contributed by atoms with Crippen LogP contribution in [0.1, 0.15) is 4.88 Å². The van der Waals surface area contributed by atoms with Gasteiger partial charge in [0.05, 0.1) is 18.6 Å². The molecule has 23 heavy (non-hydrogen) atoms. The molecule has 0 radical (unpaired) electrons. The number of nitrogens with zero attached hydrogens (tertiary/aromatic N) is 3. The van der Waals surface area contributed by atoms with Crippen molar-refractivity contribution in [2.45, 2.75) is 6.54 Å². The molecule has 0 unspecified atom stereocenters. The lowest BCUT2D eigenvalue weighted by Gasteiger charge is -2.25. The standard InChI is InChI=1S/C15H15ClN4O2S/c16-12-2-1-11(22-12)14-18-13(17)10-7-9(23-15(10)19-14)8-20-3-5-21-6-4-20/h1-2,7H,3-6,8H2,(H2,17,18,19). The molecule has 1 fully saturated rings. The second kappa shape index (κ2) is 6.09. The van der Waals surface area contributed by atoms with Crippen LogP contribution in [0.2, 0.25) is 5.22 Å². The van der Waals surface area contributed by atoms with Crippen molar-refractivity contribution in [3.05, 3.63) is 28.3 Å². The number of aromatic nitrogens is 2. The first-order valence-electron chi connectivity index (χ1n) is 7.31. The summed E-state index contributed by atoms with van der Waals surface area (Å²) in [7, 11) is 0. The monoisotopic (exact) mass is 350 g/mol. The van der Waals surface area contributed by atoms with Crippen molar-refractivity contribution in [3.63, 3.8) is 0 Å². The number of hydrogen-bond donors (Lipinski definition) is 1. The fraction of sp³-hybridized carbons (Fsp3) is 0.333. The van der Waals surface area contributed by atoms with Crippen LogP contribution in [0, 0.1) is 0 Å². The molecule has 0 aliphatic carbocycles. The van der Waals surface area contributed by atoms with Crippen molar-refractivity contribution in [3.8, 4) is 11.6 Å². The van der Waals surface area contributed by atoms with E-state index in [0.717, 1.165) is 43.1 Å². The first-order chi connectivity index (χ1) is 11.2. The van der Waals surface area contributed by atoms with E-state index in [4.69, 9.17) is 26.5 Å². The Labute approximate surface area is 141 Å². The highest BCUT2D eigenvalue weighted by molar-refractivity contribution is 7.18. The highest BCUT2D eigenvalue weighted by Crippen LogP contribution is 2.31. The van der Waals surface area contributed by atoms with Gasteiger partial charge in [0, 0.05) is 24.5 Å². The molecule has 0 bridgehead atoms. The predicted molar refractivity (Wildman–Crippen MR) is 90.6 cm³/mol. The van der Waals surface area contributed by atoms with Crippen LogP contribution in [0.25, 0.3) is 21.8 Å². The van der Waals surface area contributed by atoms with E-state index in [1.165, 1.54) is 4.88 Å². The zero-order valence-electron chi connectivity index (χ0n) is 12.3. The Bertz CT molecular complexity index is 841. The minimum absolute atomic E-state index is 0.307. The lowest BCUT2D eigenvalue weighted by atomic mass is 10.3. The number of furan rings is 1. The van der Waals surface area contributed by atoms with Gasteiger partial charge in [-0.1, -0.05) is 0 Å². The number of nitrogens with two attached hydrogens (primary N) is 1. The van der Waals surface area contributed by atoms with Crippen LogP contribution in [0.5, 0.6) is 0 Å². The molecule has 0 spiro atoms. The minimum Gasteiger partial charge on any atom is -0.441 e. The van der Waals surface area contributed by atoms with Crippen LogP contribution in [-0.2, 0) is 11.3 Å². The summed E-state index contributed by atoms with van der Waals surface area (Å²) in [6.45, 7) is 4.36. The molecule has 1 aliphatic rings. The van der Waals surface area contributed by atoms with Crippen LogP contribution in [-0.4, -0.2) is 41.2 Å². The Kier molecular flexibility index (Phi) is 3.94. The molecule has 0 amide bonds. The number of rotatable bonds is 3. The summed E-state index contributed by atoms with van der Waals surface area (Å²) in [5.41, 5.74) is 6.09. The van der Waals surface area contributed by atoms with Gasteiger partial charge in [-0.2, -0.15) is 0 Å². The first-order valence-corrected chi connectivity index (χ1v) is 8.50. The lowest BCUT2D eigenvalue weighted by Crippen LogP contribution is -2.35. The summed E-state index contributed by atoms with van der Waals surface area (Å²) in [6.07, 6.45) is 0. The number of ether oxygens (including phenoxy) is 1. The highest BCUT2D eigenvalue weighted by atomic mass is 35.5. The molecule has 4 heterocycles. The van der Waals surface area contributed by atoms with Gasteiger partial charge in [0.2, 0.25) is 0 Å². The number of halogens is 1. The van der Waals surface area contributed by atoms with E-state index in [-0.39, 0.29) is 0 Å². The second-order valence-corrected chi connectivity index (χ2v) is 6.84. The number of fused-ring (bicyclic) bond motifs is 1. The Morgan fingerprint density at radius 1 is 1.26 bits per heavy atom. The largest absolute Gasteiger partial charge is 0.441 e. The summed E-state index contributed by atoms with van der Waals surface area (Å²) in [6, 6.07) is 5.48. The summed E-state index contributed by atoms with van der Waals surface area (Å²) in [5, 5.41) is 1.20. The van der Waals surface area contributed by atoms with Gasteiger partial charge in [0.25, 0.3) is 0 Å². The summed E-state index contributed by atoms with van der Waals surface area (Å²) in [4.78, 5) is 13.3. The number of morpholine rings is 1. The van der Waals surface area contributed by atoms with E-state index in [0.29, 0.717) is 22.6 Å². The maximum absolute atomic E-state index is 6.09. The fourth-order valence-electron chi connectivity index (χ4n) is 2.60. The zero-order chi connectivity index (χ0) is 15.8. The van der Waals surface area contributed by atoms with Gasteiger partial charge in [-0.3, -0.25) is 4.90 Å². The third kappa shape index (κ3) is 3.05. The van der Waals surface area contributed by atoms with E-state index < -0.39 is 0 Å². The van der Waals surface area contributed by atoms with Crippen LogP contribution in [0.4, 0.5) is 5.82 Å². The molecular formula is C15H15ClN4O2S. The Balaban J connectivity index is 1.66. The molecule has 4 rings (SSSR count). The average Bonchev–Trinajstić information content (AvgIpc) is 3.14. The van der Waals surface area contributed by atoms with Gasteiger partial charge < -0.3 is 14.9 Å². The topological polar surface area (TPSA) is 77.4 Å². The Hall–Kier alpha value is -1.67. The molecule has 1 saturated heterocycles. The smallest absolute Gasteiger partial charge is 0.199 e. The third-order valence-electron chi connectivity index (χ3n) is 3.75. The number of hydrogen-bond acceptors (Lipinski definition) is 7. The first kappa shape index (κ1) is 14.9. The maximum atomic E-state index is 6.09. The molecule has 3 aromatic heterocycles. The van der Waals surface area contributed by atoms with Gasteiger partial charge in [0.15, 0.2) is 16.8 Å². The van der Waals surface area contributed by atoms with Crippen LogP contribution in [0.3, 0.4) is 0 Å². The lowest BCUT2D eigenvalue weighted by molar-refractivity contribution is 0.0346. The molecule has 1 aliphatic heterocycles. The fourth-order valence-corrected chi connectivity index (χ4v) is 3.82. The molecule has 120 valence electrons. The van der Waals surface area contributed by atoms with Crippen LogP contribution in [0.15, 0.2) is 22.6 Å². The molecule has 0 saturated carbocycles. The van der Waals surface area contributed by atoms with E-state index in [1.807, 2.05) is 0 Å². The second-order valence-electron chi connectivity index (χ2n) is 5.36. The highest BCUT2D eigenvalue weighted by Gasteiger charge is 2.16. The van der Waals surface area contributed by atoms with Crippen molar-refractivity contribution in [1.82, 2.24) is 14.9 Å². The zero-order valence-corrected chi connectivity index (χ0v) is 13.9. The number of nitrogen functional groups attached to an aromatic ring is 1. The van der Waals surface area contributed by atoms with Crippen molar-refractivity contribution in [1.29, 1.82) is 0 Å². The Morgan fingerprint density at radius 2 is 2.09 bits per heavy atom. The van der Waals surface area contributed by atoms with Gasteiger partial charge in [-0.05, 0) is 29.8 Å². The van der Waals surface area contributed by atoms with Gasteiger partial charge in [0.1, 0.15) is 10.6 Å². The van der Waals surface area contributed by atoms with Crippen molar-refractivity contribution >= 4 is 39.0 Å². The van der Waals surface area contributed by atoms with Gasteiger partial charge in [-0.25, -0.2) is 9.97 Å². The SMILES string of the molecule is Nc1nc(-c2ccc(Cl)o2)nc2sc(CN3CCOCC3)cc12. The summed E-state index contributed by atoms with van der Waals surface area (Å²) < 4.78 is 10.7.